The van der Waals surface area contributed by atoms with Gasteiger partial charge in [0.1, 0.15) is 11.5 Å². The summed E-state index contributed by atoms with van der Waals surface area (Å²) in [5.74, 6) is 1.13. The summed E-state index contributed by atoms with van der Waals surface area (Å²) in [6.07, 6.45) is 1.69. The Balaban J connectivity index is 1.58. The Kier molecular flexibility index (Phi) is 5.18. The Bertz CT molecular complexity index is 1400. The van der Waals surface area contributed by atoms with Crippen LogP contribution in [0.4, 0.5) is 0 Å². The largest absolute Gasteiger partial charge is 0.497 e. The monoisotopic (exact) mass is 439 g/mol. The lowest BCUT2D eigenvalue weighted by molar-refractivity contribution is -0.123. The number of carbonyl (C=O) groups excluding carboxylic acids is 2. The number of benzene rings is 3. The Labute approximate surface area is 190 Å². The summed E-state index contributed by atoms with van der Waals surface area (Å²) in [5.41, 5.74) is 2.90. The van der Waals surface area contributed by atoms with Crippen LogP contribution in [0.2, 0.25) is 0 Å². The first-order valence-corrected chi connectivity index (χ1v) is 10.5. The number of hydrogen-bond donors (Lipinski definition) is 0. The van der Waals surface area contributed by atoms with Crippen LogP contribution in [0.1, 0.15) is 27.2 Å². The van der Waals surface area contributed by atoms with E-state index in [1.807, 2.05) is 42.5 Å². The highest BCUT2D eigenvalue weighted by Gasteiger charge is 2.34. The molecule has 0 saturated carbocycles. The fourth-order valence-electron chi connectivity index (χ4n) is 4.03. The third-order valence-corrected chi connectivity index (χ3v) is 5.70. The Morgan fingerprint density at radius 2 is 1.61 bits per heavy atom. The third kappa shape index (κ3) is 3.65. The second-order valence-corrected chi connectivity index (χ2v) is 7.68. The predicted octanol–water partition coefficient (Wildman–Crippen LogP) is 5.17. The molecule has 164 valence electrons. The Hall–Kier alpha value is -4.32. The van der Waals surface area contributed by atoms with E-state index in [-0.39, 0.29) is 18.4 Å². The van der Waals surface area contributed by atoms with Gasteiger partial charge in [0.25, 0.3) is 11.8 Å². The number of nitrogens with zero attached hydrogens (tertiary/aromatic N) is 1. The van der Waals surface area contributed by atoms with Crippen molar-refractivity contribution in [1.82, 2.24) is 4.90 Å². The first kappa shape index (κ1) is 20.6. The van der Waals surface area contributed by atoms with E-state index in [4.69, 9.17) is 13.9 Å². The van der Waals surface area contributed by atoms with Gasteiger partial charge in [-0.05, 0) is 42.0 Å². The van der Waals surface area contributed by atoms with E-state index < -0.39 is 0 Å². The average Bonchev–Trinajstić information content (AvgIpc) is 3.27. The smallest absolute Gasteiger partial charge is 0.261 e. The van der Waals surface area contributed by atoms with Gasteiger partial charge in [0.15, 0.2) is 11.3 Å². The molecule has 4 aromatic rings. The molecule has 1 aliphatic heterocycles. The van der Waals surface area contributed by atoms with Crippen LogP contribution in [-0.2, 0) is 11.3 Å². The zero-order valence-electron chi connectivity index (χ0n) is 18.2. The van der Waals surface area contributed by atoms with E-state index in [9.17, 15) is 9.59 Å². The maximum Gasteiger partial charge on any atom is 0.261 e. The molecule has 0 unspecified atom stereocenters. The minimum Gasteiger partial charge on any atom is -0.497 e. The molecule has 0 bridgehead atoms. The molecule has 0 spiro atoms. The second kappa shape index (κ2) is 8.31. The number of rotatable bonds is 5. The van der Waals surface area contributed by atoms with Crippen molar-refractivity contribution in [1.29, 1.82) is 0 Å². The average molecular weight is 439 g/mol. The highest BCUT2D eigenvalue weighted by atomic mass is 16.5. The lowest BCUT2D eigenvalue weighted by Gasteiger charge is -2.28. The predicted molar refractivity (Wildman–Crippen MR) is 125 cm³/mol. The van der Waals surface area contributed by atoms with Crippen LogP contribution >= 0.6 is 0 Å². The van der Waals surface area contributed by atoms with Crippen LogP contribution < -0.4 is 9.47 Å². The van der Waals surface area contributed by atoms with E-state index in [1.54, 1.807) is 50.6 Å². The van der Waals surface area contributed by atoms with Crippen molar-refractivity contribution < 1.29 is 23.5 Å². The maximum absolute atomic E-state index is 13.5. The summed E-state index contributed by atoms with van der Waals surface area (Å²) in [6.45, 7) is 0.154. The Morgan fingerprint density at radius 3 is 2.33 bits per heavy atom. The number of carbonyl (C=O) groups is 2. The van der Waals surface area contributed by atoms with Crippen molar-refractivity contribution in [3.8, 4) is 11.5 Å². The van der Waals surface area contributed by atoms with Crippen molar-refractivity contribution in [2.24, 2.45) is 0 Å². The van der Waals surface area contributed by atoms with Gasteiger partial charge in [0.05, 0.1) is 26.3 Å². The van der Waals surface area contributed by atoms with Crippen LogP contribution in [0.15, 0.2) is 77.2 Å². The fraction of sp³-hybridized carbons (Fsp3) is 0.111. The van der Waals surface area contributed by atoms with E-state index in [1.165, 1.54) is 4.90 Å². The van der Waals surface area contributed by atoms with Crippen LogP contribution in [0, 0.1) is 0 Å². The SMILES string of the molecule is COc1ccc(CN2C(=O)/C(=C\c3cc4cccc(OC)c4o3)c3ccccc3C2=O)cc1. The van der Waals surface area contributed by atoms with E-state index in [0.29, 0.717) is 39.5 Å². The Morgan fingerprint density at radius 1 is 0.848 bits per heavy atom. The van der Waals surface area contributed by atoms with Crippen molar-refractivity contribution in [2.75, 3.05) is 14.2 Å². The van der Waals surface area contributed by atoms with Gasteiger partial charge in [-0.25, -0.2) is 0 Å². The van der Waals surface area contributed by atoms with Crippen LogP contribution in [0.3, 0.4) is 0 Å². The summed E-state index contributed by atoms with van der Waals surface area (Å²) in [7, 11) is 3.17. The molecule has 0 atom stereocenters. The van der Waals surface area contributed by atoms with Gasteiger partial charge in [-0.15, -0.1) is 0 Å². The highest BCUT2D eigenvalue weighted by Crippen LogP contribution is 2.34. The fourth-order valence-corrected chi connectivity index (χ4v) is 4.03. The number of methoxy groups -OCH3 is 2. The second-order valence-electron chi connectivity index (χ2n) is 7.68. The molecular weight excluding hydrogens is 418 g/mol. The minimum atomic E-state index is -0.373. The summed E-state index contributed by atoms with van der Waals surface area (Å²) >= 11 is 0. The molecule has 2 amide bonds. The van der Waals surface area contributed by atoms with Crippen LogP contribution in [-0.4, -0.2) is 30.9 Å². The zero-order valence-corrected chi connectivity index (χ0v) is 18.2. The molecule has 0 aliphatic carbocycles. The van der Waals surface area contributed by atoms with E-state index in [2.05, 4.69) is 0 Å². The molecule has 1 aromatic heterocycles. The molecule has 3 aromatic carbocycles. The van der Waals surface area contributed by atoms with Gasteiger partial charge in [-0.3, -0.25) is 14.5 Å². The maximum atomic E-state index is 13.5. The quantitative estimate of drug-likeness (QED) is 0.317. The van der Waals surface area contributed by atoms with Gasteiger partial charge < -0.3 is 13.9 Å². The van der Waals surface area contributed by atoms with Gasteiger partial charge in [-0.1, -0.05) is 42.5 Å². The summed E-state index contributed by atoms with van der Waals surface area (Å²) in [5, 5.41) is 0.865. The molecule has 5 rings (SSSR count). The normalized spacial score (nSPS) is 14.6. The topological polar surface area (TPSA) is 69.0 Å². The van der Waals surface area contributed by atoms with Gasteiger partial charge in [0.2, 0.25) is 0 Å². The first-order chi connectivity index (χ1) is 16.1. The van der Waals surface area contributed by atoms with Crippen molar-refractivity contribution in [3.05, 3.63) is 95.2 Å². The summed E-state index contributed by atoms with van der Waals surface area (Å²) < 4.78 is 16.6. The van der Waals surface area contributed by atoms with E-state index in [0.717, 1.165) is 10.9 Å². The number of ether oxygens (including phenoxy) is 2. The van der Waals surface area contributed by atoms with E-state index >= 15 is 0 Å². The molecule has 2 heterocycles. The molecule has 0 radical (unpaired) electrons. The lowest BCUT2D eigenvalue weighted by atomic mass is 9.92. The van der Waals surface area contributed by atoms with Gasteiger partial charge >= 0.3 is 0 Å². The zero-order chi connectivity index (χ0) is 22.9. The number of hydrogen-bond acceptors (Lipinski definition) is 5. The molecule has 0 N–H and O–H groups in total. The molecule has 0 saturated heterocycles. The lowest BCUT2D eigenvalue weighted by Crippen LogP contribution is -2.41. The summed E-state index contributed by atoms with van der Waals surface area (Å²) in [4.78, 5) is 28.0. The minimum absolute atomic E-state index is 0.154. The number of furan rings is 1. The molecule has 0 fully saturated rings. The van der Waals surface area contributed by atoms with Gasteiger partial charge in [-0.2, -0.15) is 0 Å². The molecule has 6 heteroatoms. The molecule has 1 aliphatic rings. The van der Waals surface area contributed by atoms with Crippen molar-refractivity contribution in [2.45, 2.75) is 6.54 Å². The standard InChI is InChI=1S/C27H21NO5/c1-31-19-12-10-17(11-13-19)16-28-26(29)22-8-4-3-7-21(22)23(27(28)30)15-20-14-18-6-5-9-24(32-2)25(18)33-20/h3-15H,16H2,1-2H3/b23-15-. The molecule has 33 heavy (non-hydrogen) atoms. The third-order valence-electron chi connectivity index (χ3n) is 5.70. The first-order valence-electron chi connectivity index (χ1n) is 10.5. The number of fused-ring (bicyclic) bond motifs is 2. The van der Waals surface area contributed by atoms with Crippen LogP contribution in [0.5, 0.6) is 11.5 Å². The molecular formula is C27H21NO5. The highest BCUT2D eigenvalue weighted by molar-refractivity contribution is 6.33. The van der Waals surface area contributed by atoms with Crippen molar-refractivity contribution >= 4 is 34.4 Å². The summed E-state index contributed by atoms with van der Waals surface area (Å²) in [6, 6.07) is 21.9. The number of imide groups is 1. The van der Waals surface area contributed by atoms with Gasteiger partial charge in [0, 0.05) is 16.5 Å². The van der Waals surface area contributed by atoms with Crippen LogP contribution in [0.25, 0.3) is 22.6 Å². The number of amides is 2. The number of para-hydroxylation sites is 1. The van der Waals surface area contributed by atoms with Crippen molar-refractivity contribution in [3.63, 3.8) is 0 Å². The molecule has 6 nitrogen and oxygen atoms in total.